The van der Waals surface area contributed by atoms with Crippen molar-refractivity contribution in [1.29, 1.82) is 0 Å². The number of aliphatic hydroxyl groups is 2. The fourth-order valence-corrected chi connectivity index (χ4v) is 4.30. The highest BCUT2D eigenvalue weighted by Gasteiger charge is 2.44. The first-order valence-electron chi connectivity index (χ1n) is 12.4. The number of nitrogens with zero attached hydrogens (tertiary/aromatic N) is 5. The van der Waals surface area contributed by atoms with E-state index in [4.69, 9.17) is 10.5 Å². The van der Waals surface area contributed by atoms with Gasteiger partial charge in [-0.2, -0.15) is 0 Å². The molecule has 0 aliphatic carbocycles. The number of aliphatic hydroxyl groups excluding tert-OH is 2. The molecule has 3 amide bonds. The lowest BCUT2D eigenvalue weighted by atomic mass is 9.87. The van der Waals surface area contributed by atoms with Gasteiger partial charge in [-0.15, -0.1) is 0 Å². The van der Waals surface area contributed by atoms with Crippen molar-refractivity contribution < 1.29 is 24.5 Å². The Bertz CT molecular complexity index is 1260. The summed E-state index contributed by atoms with van der Waals surface area (Å²) in [5.41, 5.74) is 8.42. The first kappa shape index (κ1) is 27.2. The molecule has 1 aliphatic rings. The number of carbonyl (C=O) groups excluding carboxylic acids is 2. The number of hydrogen-bond donors (Lipinski definition) is 5. The molecule has 204 valence electrons. The number of fused-ring (bicyclic) bond motifs is 1. The molecule has 3 heterocycles. The molecule has 6 N–H and O–H groups in total. The largest absolute Gasteiger partial charge is 0.387 e. The number of imidazole rings is 1. The van der Waals surface area contributed by atoms with Crippen molar-refractivity contribution in [2.45, 2.75) is 57.1 Å². The van der Waals surface area contributed by atoms with E-state index in [1.54, 1.807) is 0 Å². The summed E-state index contributed by atoms with van der Waals surface area (Å²) in [6.45, 7) is 7.07. The van der Waals surface area contributed by atoms with E-state index in [0.717, 1.165) is 0 Å². The van der Waals surface area contributed by atoms with Crippen LogP contribution in [0, 0.1) is 0 Å². The van der Waals surface area contributed by atoms with Gasteiger partial charge < -0.3 is 36.2 Å². The van der Waals surface area contributed by atoms with Gasteiger partial charge in [-0.25, -0.2) is 19.7 Å². The lowest BCUT2D eigenvalue weighted by Gasteiger charge is -2.23. The summed E-state index contributed by atoms with van der Waals surface area (Å²) in [7, 11) is 0. The van der Waals surface area contributed by atoms with Crippen LogP contribution in [0.3, 0.4) is 0 Å². The predicted octanol–water partition coefficient (Wildman–Crippen LogP) is 0.995. The highest BCUT2D eigenvalue weighted by Crippen LogP contribution is 2.32. The Labute approximate surface area is 220 Å². The van der Waals surface area contributed by atoms with Crippen LogP contribution in [0.15, 0.2) is 36.9 Å². The minimum atomic E-state index is -1.27. The van der Waals surface area contributed by atoms with E-state index in [2.05, 4.69) is 46.4 Å². The Balaban J connectivity index is 1.25. The van der Waals surface area contributed by atoms with Gasteiger partial charge in [-0.05, 0) is 29.5 Å². The molecular weight excluding hydrogens is 492 g/mol. The fourth-order valence-electron chi connectivity index (χ4n) is 4.30. The van der Waals surface area contributed by atoms with Crippen molar-refractivity contribution in [3.63, 3.8) is 0 Å². The lowest BCUT2D eigenvalue weighted by Crippen LogP contribution is -2.40. The molecule has 4 rings (SSSR count). The molecule has 13 nitrogen and oxygen atoms in total. The number of nitrogen functional groups attached to an aromatic ring is 1. The van der Waals surface area contributed by atoms with Gasteiger partial charge in [0.05, 0.1) is 6.33 Å². The normalized spacial score (nSPS) is 21.4. The molecule has 2 aromatic heterocycles. The molecule has 4 atom stereocenters. The highest BCUT2D eigenvalue weighted by molar-refractivity contribution is 5.89. The zero-order valence-electron chi connectivity index (χ0n) is 21.6. The Morgan fingerprint density at radius 3 is 2.61 bits per heavy atom. The number of ether oxygens (including phenoxy) is 1. The summed E-state index contributed by atoms with van der Waals surface area (Å²) < 4.78 is 7.37. The van der Waals surface area contributed by atoms with E-state index in [1.807, 2.05) is 24.3 Å². The monoisotopic (exact) mass is 526 g/mol. The second kappa shape index (κ2) is 11.3. The van der Waals surface area contributed by atoms with Crippen LogP contribution in [0.25, 0.3) is 11.2 Å². The van der Waals surface area contributed by atoms with Crippen molar-refractivity contribution in [1.82, 2.24) is 29.7 Å². The van der Waals surface area contributed by atoms with Crippen molar-refractivity contribution in [2.75, 3.05) is 30.7 Å². The smallest absolute Gasteiger partial charge is 0.319 e. The number of nitrogens with one attached hydrogen (secondary N) is 2. The van der Waals surface area contributed by atoms with Gasteiger partial charge in [-0.3, -0.25) is 9.36 Å². The third kappa shape index (κ3) is 6.01. The minimum Gasteiger partial charge on any atom is -0.387 e. The van der Waals surface area contributed by atoms with E-state index < -0.39 is 24.5 Å². The van der Waals surface area contributed by atoms with Crippen LogP contribution in [-0.4, -0.2) is 85.0 Å². The third-order valence-electron chi connectivity index (χ3n) is 6.48. The number of anilines is 2. The summed E-state index contributed by atoms with van der Waals surface area (Å²) in [5, 5.41) is 26.7. The predicted molar refractivity (Wildman–Crippen MR) is 140 cm³/mol. The zero-order chi connectivity index (χ0) is 27.4. The summed E-state index contributed by atoms with van der Waals surface area (Å²) >= 11 is 0. The highest BCUT2D eigenvalue weighted by atomic mass is 16.6. The Hall–Kier alpha value is -3.81. The molecule has 38 heavy (non-hydrogen) atoms. The van der Waals surface area contributed by atoms with Crippen molar-refractivity contribution in [3.05, 3.63) is 42.5 Å². The second-order valence-electron chi connectivity index (χ2n) is 10.3. The number of nitrogens with two attached hydrogens (primary N) is 1. The van der Waals surface area contributed by atoms with E-state index >= 15 is 0 Å². The third-order valence-corrected chi connectivity index (χ3v) is 6.48. The number of rotatable bonds is 9. The van der Waals surface area contributed by atoms with E-state index in [9.17, 15) is 19.8 Å². The molecule has 1 aromatic carbocycles. The molecule has 1 saturated heterocycles. The summed E-state index contributed by atoms with van der Waals surface area (Å²) in [6, 6.07) is 7.34. The first-order valence-corrected chi connectivity index (χ1v) is 12.4. The van der Waals surface area contributed by atoms with Crippen molar-refractivity contribution in [2.24, 2.45) is 0 Å². The maximum Gasteiger partial charge on any atom is 0.319 e. The SMILES string of the molecule is CC(C)(C)c1ccc(NC(=O)NCCCN(C=O)C[C@H]2O[C@@H](n3cnc4c(N)ncnc43)[C@H](O)[C@@H]2O)cc1. The number of carbonyl (C=O) groups is 2. The summed E-state index contributed by atoms with van der Waals surface area (Å²) in [5.74, 6) is 0.186. The van der Waals surface area contributed by atoms with Crippen LogP contribution in [-0.2, 0) is 14.9 Å². The number of benzene rings is 1. The molecule has 0 unspecified atom stereocenters. The van der Waals surface area contributed by atoms with Crippen LogP contribution in [0.5, 0.6) is 0 Å². The molecule has 13 heteroatoms. The molecule has 0 spiro atoms. The fraction of sp³-hybridized carbons (Fsp3) is 0.480. The molecule has 0 saturated carbocycles. The standard InChI is InChI=1S/C25H34N8O5/c1-25(2,3)15-5-7-16(8-6-15)31-24(37)27-9-4-10-32(14-34)11-17-19(35)20(36)23(38-17)33-13-30-18-21(26)28-12-29-22(18)33/h5-8,12-14,17,19-20,23,35-36H,4,9-11H2,1-3H3,(H2,26,28,29)(H2,27,31,37)/t17-,19-,20-,23-/m1/s1. The molecule has 0 bridgehead atoms. The van der Waals surface area contributed by atoms with Crippen LogP contribution in [0.4, 0.5) is 16.3 Å². The molecule has 1 aliphatic heterocycles. The Morgan fingerprint density at radius 1 is 1.18 bits per heavy atom. The van der Waals surface area contributed by atoms with Crippen molar-refractivity contribution in [3.8, 4) is 0 Å². The first-order chi connectivity index (χ1) is 18.1. The van der Waals surface area contributed by atoms with E-state index in [0.29, 0.717) is 42.8 Å². The molecule has 1 fully saturated rings. The molecule has 0 radical (unpaired) electrons. The van der Waals surface area contributed by atoms with Gasteiger partial charge >= 0.3 is 6.03 Å². The van der Waals surface area contributed by atoms with Crippen LogP contribution in [0.1, 0.15) is 39.0 Å². The van der Waals surface area contributed by atoms with Crippen LogP contribution < -0.4 is 16.4 Å². The molecular formula is C25H34N8O5. The summed E-state index contributed by atoms with van der Waals surface area (Å²) in [6.07, 6.45) is -0.519. The Kier molecular flexibility index (Phi) is 8.09. The van der Waals surface area contributed by atoms with Gasteiger partial charge in [-0.1, -0.05) is 32.9 Å². The van der Waals surface area contributed by atoms with Crippen LogP contribution in [0.2, 0.25) is 0 Å². The van der Waals surface area contributed by atoms with Crippen LogP contribution >= 0.6 is 0 Å². The van der Waals surface area contributed by atoms with Gasteiger partial charge in [0.25, 0.3) is 0 Å². The number of aromatic nitrogens is 4. The number of hydrogen-bond acceptors (Lipinski definition) is 9. The Morgan fingerprint density at radius 2 is 1.92 bits per heavy atom. The summed E-state index contributed by atoms with van der Waals surface area (Å²) in [4.78, 5) is 37.5. The topological polar surface area (TPSA) is 181 Å². The average Bonchev–Trinajstić information content (AvgIpc) is 3.43. The zero-order valence-corrected chi connectivity index (χ0v) is 21.6. The van der Waals surface area contributed by atoms with Gasteiger partial charge in [0.1, 0.15) is 30.2 Å². The average molecular weight is 527 g/mol. The number of amides is 3. The van der Waals surface area contributed by atoms with Crippen molar-refractivity contribution >= 4 is 35.1 Å². The lowest BCUT2D eigenvalue weighted by molar-refractivity contribution is -0.121. The quantitative estimate of drug-likeness (QED) is 0.201. The van der Waals surface area contributed by atoms with Gasteiger partial charge in [0.15, 0.2) is 17.7 Å². The van der Waals surface area contributed by atoms with E-state index in [-0.39, 0.29) is 23.8 Å². The van der Waals surface area contributed by atoms with E-state index in [1.165, 1.54) is 27.7 Å². The molecule has 3 aromatic rings. The van der Waals surface area contributed by atoms with Gasteiger partial charge in [0, 0.05) is 25.3 Å². The van der Waals surface area contributed by atoms with Gasteiger partial charge in [0.2, 0.25) is 6.41 Å². The maximum absolute atomic E-state index is 12.2. The minimum absolute atomic E-state index is 0.0289. The maximum atomic E-state index is 12.2. The number of urea groups is 1. The second-order valence-corrected chi connectivity index (χ2v) is 10.3.